The van der Waals surface area contributed by atoms with Crippen LogP contribution in [0.3, 0.4) is 0 Å². The molecule has 0 aliphatic rings. The fourth-order valence-corrected chi connectivity index (χ4v) is 2.32. The fourth-order valence-electron chi connectivity index (χ4n) is 1.84. The van der Waals surface area contributed by atoms with Crippen LogP contribution in [0, 0.1) is 0 Å². The smallest absolute Gasteiger partial charge is 0.338 e. The highest BCUT2D eigenvalue weighted by atomic mass is 35.6. The summed E-state index contributed by atoms with van der Waals surface area (Å²) in [5.74, 6) is -0.113. The van der Waals surface area contributed by atoms with Gasteiger partial charge in [0, 0.05) is 18.9 Å². The van der Waals surface area contributed by atoms with Crippen LogP contribution in [-0.2, 0) is 15.1 Å². The largest absolute Gasteiger partial charge is 0.465 e. The number of rotatable bonds is 3. The van der Waals surface area contributed by atoms with E-state index in [1.807, 2.05) is 12.1 Å². The molecule has 20 heavy (non-hydrogen) atoms. The van der Waals surface area contributed by atoms with Crippen molar-refractivity contribution < 1.29 is 9.53 Å². The lowest BCUT2D eigenvalue weighted by Gasteiger charge is -2.15. The van der Waals surface area contributed by atoms with Crippen LogP contribution in [0.15, 0.2) is 36.7 Å². The van der Waals surface area contributed by atoms with Gasteiger partial charge in [-0.2, -0.15) is 0 Å². The van der Waals surface area contributed by atoms with Crippen molar-refractivity contribution in [2.24, 2.45) is 0 Å². The molecule has 4 nitrogen and oxygen atoms in total. The van der Waals surface area contributed by atoms with Gasteiger partial charge in [0.05, 0.1) is 12.7 Å². The number of imidazole rings is 1. The second-order valence-electron chi connectivity index (χ2n) is 4.03. The molecule has 0 spiro atoms. The highest BCUT2D eigenvalue weighted by Crippen LogP contribution is 2.37. The molecule has 106 valence electrons. The molecule has 7 heteroatoms. The summed E-state index contributed by atoms with van der Waals surface area (Å²) in [7, 11) is 1.34. The van der Waals surface area contributed by atoms with Crippen LogP contribution in [0.25, 0.3) is 0 Å². The molecule has 1 aromatic carbocycles. The number of carbonyl (C=O) groups is 1. The first-order valence-corrected chi connectivity index (χ1v) is 6.81. The van der Waals surface area contributed by atoms with E-state index in [2.05, 4.69) is 4.98 Å². The molecule has 0 saturated carbocycles. The number of alkyl halides is 3. The van der Waals surface area contributed by atoms with E-state index in [1.54, 1.807) is 22.9 Å². The lowest BCUT2D eigenvalue weighted by molar-refractivity contribution is 0.0599. The molecule has 0 atom stereocenters. The predicted molar refractivity (Wildman–Crippen MR) is 78.3 cm³/mol. The van der Waals surface area contributed by atoms with Gasteiger partial charge in [0.1, 0.15) is 0 Å². The normalized spacial score (nSPS) is 11.4. The quantitative estimate of drug-likeness (QED) is 0.637. The zero-order valence-electron chi connectivity index (χ0n) is 10.5. The summed E-state index contributed by atoms with van der Waals surface area (Å²) in [5, 5.41) is 0. The number of benzene rings is 1. The number of hydrogen-bond acceptors (Lipinski definition) is 3. The van der Waals surface area contributed by atoms with E-state index >= 15 is 0 Å². The van der Waals surface area contributed by atoms with Crippen LogP contribution in [-0.4, -0.2) is 22.6 Å². The third-order valence-corrected chi connectivity index (χ3v) is 3.24. The summed E-state index contributed by atoms with van der Waals surface area (Å²) in [6.07, 6.45) is 3.23. The molecule has 0 aliphatic carbocycles. The Labute approximate surface area is 131 Å². The van der Waals surface area contributed by atoms with Crippen molar-refractivity contribution in [2.45, 2.75) is 10.3 Å². The van der Waals surface area contributed by atoms with Gasteiger partial charge in [-0.25, -0.2) is 9.78 Å². The zero-order chi connectivity index (χ0) is 14.8. The minimum Gasteiger partial charge on any atom is -0.465 e. The number of carbonyl (C=O) groups excluding carboxylic acids is 1. The van der Waals surface area contributed by atoms with E-state index < -0.39 is 9.76 Å². The van der Waals surface area contributed by atoms with Crippen LogP contribution in [0.2, 0.25) is 0 Å². The lowest BCUT2D eigenvalue weighted by atomic mass is 10.1. The summed E-state index contributed by atoms with van der Waals surface area (Å²) in [6.45, 7) is 0.356. The van der Waals surface area contributed by atoms with Crippen molar-refractivity contribution in [3.8, 4) is 0 Å². The molecular formula is C13H11Cl3N2O2. The van der Waals surface area contributed by atoms with E-state index in [4.69, 9.17) is 39.5 Å². The Morgan fingerprint density at radius 2 is 2.05 bits per heavy atom. The van der Waals surface area contributed by atoms with Crippen LogP contribution in [0.5, 0.6) is 0 Å². The van der Waals surface area contributed by atoms with Gasteiger partial charge < -0.3 is 9.30 Å². The summed E-state index contributed by atoms with van der Waals surface area (Å²) in [6, 6.07) is 7.09. The number of esters is 1. The van der Waals surface area contributed by atoms with Crippen LogP contribution >= 0.6 is 34.8 Å². The highest BCUT2D eigenvalue weighted by Gasteiger charge is 2.28. The lowest BCUT2D eigenvalue weighted by Crippen LogP contribution is -2.14. The average Bonchev–Trinajstić information content (AvgIpc) is 2.86. The highest BCUT2D eigenvalue weighted by molar-refractivity contribution is 6.66. The summed E-state index contributed by atoms with van der Waals surface area (Å²) in [4.78, 5) is 15.7. The van der Waals surface area contributed by atoms with Gasteiger partial charge in [-0.05, 0) is 11.6 Å². The number of nitrogens with zero attached hydrogens (tertiary/aromatic N) is 2. The van der Waals surface area contributed by atoms with Gasteiger partial charge in [-0.1, -0.05) is 53.0 Å². The van der Waals surface area contributed by atoms with Crippen molar-refractivity contribution in [3.05, 3.63) is 53.6 Å². The molecular weight excluding hydrogens is 323 g/mol. The summed E-state index contributed by atoms with van der Waals surface area (Å²) in [5.41, 5.74) is 1.23. The SMILES string of the molecule is COC(=O)c1ccccc1Cn1ccnc1C(Cl)(Cl)Cl. The Balaban J connectivity index is 2.37. The third kappa shape index (κ3) is 3.26. The van der Waals surface area contributed by atoms with Crippen LogP contribution < -0.4 is 0 Å². The molecule has 0 fully saturated rings. The molecule has 1 heterocycles. The molecule has 0 unspecified atom stereocenters. The minimum atomic E-state index is -1.62. The van der Waals surface area contributed by atoms with Gasteiger partial charge >= 0.3 is 5.97 Å². The third-order valence-electron chi connectivity index (χ3n) is 2.73. The molecule has 2 aromatic rings. The molecule has 0 aliphatic heterocycles. The number of hydrogen-bond donors (Lipinski definition) is 0. The molecule has 0 amide bonds. The van der Waals surface area contributed by atoms with Crippen molar-refractivity contribution in [3.63, 3.8) is 0 Å². The molecule has 0 saturated heterocycles. The first kappa shape index (κ1) is 15.2. The second-order valence-corrected chi connectivity index (χ2v) is 6.31. The van der Waals surface area contributed by atoms with Crippen molar-refractivity contribution in [1.82, 2.24) is 9.55 Å². The van der Waals surface area contributed by atoms with Crippen LogP contribution in [0.4, 0.5) is 0 Å². The number of aromatic nitrogens is 2. The van der Waals surface area contributed by atoms with Crippen molar-refractivity contribution in [1.29, 1.82) is 0 Å². The predicted octanol–water partition coefficient (Wildman–Crippen LogP) is 3.54. The first-order chi connectivity index (χ1) is 9.43. The molecule has 0 bridgehead atoms. The summed E-state index contributed by atoms with van der Waals surface area (Å²) >= 11 is 17.6. The van der Waals surface area contributed by atoms with Gasteiger partial charge in [-0.3, -0.25) is 0 Å². The first-order valence-electron chi connectivity index (χ1n) is 5.68. The molecule has 0 N–H and O–H groups in total. The Kier molecular flexibility index (Phi) is 4.58. The van der Waals surface area contributed by atoms with E-state index in [0.29, 0.717) is 17.9 Å². The van der Waals surface area contributed by atoms with Crippen LogP contribution in [0.1, 0.15) is 21.7 Å². The molecule has 1 aromatic heterocycles. The number of methoxy groups -OCH3 is 1. The Hall–Kier alpha value is -1.23. The molecule has 0 radical (unpaired) electrons. The standard InChI is InChI=1S/C13H11Cl3N2O2/c1-20-11(19)10-5-3-2-4-9(10)8-18-7-6-17-12(18)13(14,15)16/h2-7H,8H2,1H3. The number of halogens is 3. The van der Waals surface area contributed by atoms with E-state index in [0.717, 1.165) is 5.56 Å². The van der Waals surface area contributed by atoms with Gasteiger partial charge in [-0.15, -0.1) is 0 Å². The minimum absolute atomic E-state index is 0.294. The van der Waals surface area contributed by atoms with Crippen molar-refractivity contribution >= 4 is 40.8 Å². The maximum atomic E-state index is 11.7. The monoisotopic (exact) mass is 332 g/mol. The fraction of sp³-hybridized carbons (Fsp3) is 0.231. The Bertz CT molecular complexity index is 620. The molecule has 2 rings (SSSR count). The maximum absolute atomic E-state index is 11.7. The van der Waals surface area contributed by atoms with E-state index in [1.165, 1.54) is 13.3 Å². The van der Waals surface area contributed by atoms with Crippen molar-refractivity contribution in [2.75, 3.05) is 7.11 Å². The second kappa shape index (κ2) is 6.04. The summed E-state index contributed by atoms with van der Waals surface area (Å²) < 4.78 is 4.81. The van der Waals surface area contributed by atoms with Gasteiger partial charge in [0.15, 0.2) is 5.82 Å². The topological polar surface area (TPSA) is 44.1 Å². The Morgan fingerprint density at radius 1 is 1.35 bits per heavy atom. The zero-order valence-corrected chi connectivity index (χ0v) is 12.8. The number of ether oxygens (including phenoxy) is 1. The maximum Gasteiger partial charge on any atom is 0.338 e. The van der Waals surface area contributed by atoms with E-state index in [-0.39, 0.29) is 0 Å². The van der Waals surface area contributed by atoms with Gasteiger partial charge in [0.25, 0.3) is 0 Å². The average molecular weight is 334 g/mol. The van der Waals surface area contributed by atoms with E-state index in [9.17, 15) is 4.79 Å². The van der Waals surface area contributed by atoms with Gasteiger partial charge in [0.2, 0.25) is 3.79 Å². The Morgan fingerprint density at radius 3 is 2.70 bits per heavy atom.